The molecule has 0 spiro atoms. The lowest BCUT2D eigenvalue weighted by Crippen LogP contribution is -2.35. The standard InChI is InChI=1S/C11H28N3O3P3/c15-18-9-12-3-1-5-13(10-19-16)7-8-14(11-20-17)6-2-4-12/h15-20H,1-11H2. The molecule has 0 radical (unpaired) electrons. The lowest BCUT2D eigenvalue weighted by molar-refractivity contribution is 0.241. The first-order chi connectivity index (χ1) is 9.80. The second kappa shape index (κ2) is 12.6. The normalized spacial score (nSPS) is 23.6. The van der Waals surface area contributed by atoms with Crippen molar-refractivity contribution in [1.29, 1.82) is 0 Å². The molecule has 1 rings (SSSR count). The highest BCUT2D eigenvalue weighted by Gasteiger charge is 2.13. The van der Waals surface area contributed by atoms with Gasteiger partial charge >= 0.3 is 0 Å². The van der Waals surface area contributed by atoms with Gasteiger partial charge in [-0.25, -0.2) is 0 Å². The Kier molecular flexibility index (Phi) is 12.0. The molecule has 1 aliphatic rings. The minimum Gasteiger partial charge on any atom is -0.376 e. The molecule has 0 bridgehead atoms. The SMILES string of the molecule is OPCN1CCCN(CPO)CCN(CPO)CCC1. The monoisotopic (exact) mass is 343 g/mol. The van der Waals surface area contributed by atoms with Gasteiger partial charge in [-0.1, -0.05) is 0 Å². The Hall–Kier alpha value is 1.05. The van der Waals surface area contributed by atoms with Crippen molar-refractivity contribution in [3.05, 3.63) is 0 Å². The molecule has 0 aromatic heterocycles. The van der Waals surface area contributed by atoms with Gasteiger partial charge in [-0.05, 0) is 39.0 Å². The Morgan fingerprint density at radius 2 is 0.850 bits per heavy atom. The van der Waals surface area contributed by atoms with Gasteiger partial charge in [-0.15, -0.1) is 0 Å². The molecule has 0 aromatic carbocycles. The van der Waals surface area contributed by atoms with Gasteiger partial charge < -0.3 is 14.7 Å². The summed E-state index contributed by atoms with van der Waals surface area (Å²) in [6, 6.07) is 0. The third-order valence-electron chi connectivity index (χ3n) is 3.51. The summed E-state index contributed by atoms with van der Waals surface area (Å²) in [6.07, 6.45) is 4.42. The van der Waals surface area contributed by atoms with Gasteiger partial charge in [0.1, 0.15) is 0 Å². The van der Waals surface area contributed by atoms with E-state index in [9.17, 15) is 0 Å². The highest BCUT2D eigenvalue weighted by molar-refractivity contribution is 7.31. The predicted octanol–water partition coefficient (Wildman–Crippen LogP) is 0.316. The van der Waals surface area contributed by atoms with E-state index in [0.29, 0.717) is 0 Å². The molecular formula is C11H28N3O3P3. The van der Waals surface area contributed by atoms with E-state index in [1.807, 2.05) is 0 Å². The number of nitrogens with zero attached hydrogens (tertiary/aromatic N) is 3. The van der Waals surface area contributed by atoms with Crippen LogP contribution in [-0.4, -0.2) is 87.5 Å². The molecule has 0 aromatic rings. The zero-order valence-corrected chi connectivity index (χ0v) is 15.0. The molecule has 1 heterocycles. The molecule has 3 N–H and O–H groups in total. The summed E-state index contributed by atoms with van der Waals surface area (Å²) in [7, 11) is -0.0680. The summed E-state index contributed by atoms with van der Waals surface area (Å²) >= 11 is 0. The minimum absolute atomic E-state index is 0.0126. The van der Waals surface area contributed by atoms with E-state index >= 15 is 0 Å². The van der Waals surface area contributed by atoms with Gasteiger partial charge in [0.25, 0.3) is 0 Å². The van der Waals surface area contributed by atoms with Crippen molar-refractivity contribution in [2.24, 2.45) is 0 Å². The molecule has 9 heteroatoms. The molecule has 3 unspecified atom stereocenters. The van der Waals surface area contributed by atoms with Gasteiger partial charge in [0.05, 0.1) is 0 Å². The van der Waals surface area contributed by atoms with Gasteiger partial charge in [0, 0.05) is 58.4 Å². The molecule has 0 aliphatic carbocycles. The Labute approximate surface area is 127 Å². The predicted molar refractivity (Wildman–Crippen MR) is 90.2 cm³/mol. The summed E-state index contributed by atoms with van der Waals surface area (Å²) in [5.74, 6) is 0. The average molecular weight is 343 g/mol. The van der Waals surface area contributed by atoms with Crippen molar-refractivity contribution < 1.29 is 14.7 Å². The lowest BCUT2D eigenvalue weighted by Gasteiger charge is -2.25. The van der Waals surface area contributed by atoms with Gasteiger partial charge in [0.2, 0.25) is 0 Å². The second-order valence-electron chi connectivity index (χ2n) is 5.01. The first kappa shape index (κ1) is 19.1. The van der Waals surface area contributed by atoms with Gasteiger partial charge in [-0.2, -0.15) is 0 Å². The van der Waals surface area contributed by atoms with Gasteiger partial charge in [-0.3, -0.25) is 14.7 Å². The van der Waals surface area contributed by atoms with Crippen molar-refractivity contribution in [3.63, 3.8) is 0 Å². The van der Waals surface area contributed by atoms with Crippen molar-refractivity contribution in [1.82, 2.24) is 14.7 Å². The largest absolute Gasteiger partial charge is 0.376 e. The van der Waals surface area contributed by atoms with E-state index in [-0.39, 0.29) is 26.4 Å². The van der Waals surface area contributed by atoms with Crippen LogP contribution in [0.1, 0.15) is 12.8 Å². The summed E-state index contributed by atoms with van der Waals surface area (Å²) in [6.45, 7) is 5.93. The van der Waals surface area contributed by atoms with Crippen molar-refractivity contribution >= 4 is 26.4 Å². The van der Waals surface area contributed by atoms with E-state index in [0.717, 1.165) is 71.0 Å². The Morgan fingerprint density at radius 3 is 1.15 bits per heavy atom. The van der Waals surface area contributed by atoms with E-state index in [4.69, 9.17) is 14.7 Å². The van der Waals surface area contributed by atoms with Crippen molar-refractivity contribution in [3.8, 4) is 0 Å². The lowest BCUT2D eigenvalue weighted by atomic mass is 10.3. The molecular weight excluding hydrogens is 315 g/mol. The van der Waals surface area contributed by atoms with Crippen LogP contribution in [0.4, 0.5) is 0 Å². The van der Waals surface area contributed by atoms with Crippen LogP contribution in [0.15, 0.2) is 0 Å². The molecule has 6 nitrogen and oxygen atoms in total. The number of rotatable bonds is 6. The van der Waals surface area contributed by atoms with Crippen LogP contribution in [0.2, 0.25) is 0 Å². The number of hydrogen-bond acceptors (Lipinski definition) is 6. The smallest absolute Gasteiger partial charge is 0.0399 e. The Balaban J connectivity index is 2.51. The maximum Gasteiger partial charge on any atom is 0.0399 e. The second-order valence-corrected chi connectivity index (χ2v) is 6.91. The summed E-state index contributed by atoms with van der Waals surface area (Å²) in [4.78, 5) is 34.4. The summed E-state index contributed by atoms with van der Waals surface area (Å²) < 4.78 is 0. The van der Waals surface area contributed by atoms with E-state index in [2.05, 4.69) is 14.7 Å². The van der Waals surface area contributed by atoms with Crippen molar-refractivity contribution in [2.45, 2.75) is 12.8 Å². The van der Waals surface area contributed by atoms with Gasteiger partial charge in [0.15, 0.2) is 0 Å². The molecule has 120 valence electrons. The molecule has 1 saturated heterocycles. The molecule has 0 saturated carbocycles. The molecule has 0 amide bonds. The molecule has 1 fully saturated rings. The quantitative estimate of drug-likeness (QED) is 0.604. The van der Waals surface area contributed by atoms with E-state index in [1.54, 1.807) is 0 Å². The van der Waals surface area contributed by atoms with Crippen LogP contribution in [0.25, 0.3) is 0 Å². The fraction of sp³-hybridized carbons (Fsp3) is 1.00. The zero-order chi connectivity index (χ0) is 14.6. The Morgan fingerprint density at radius 1 is 0.550 bits per heavy atom. The number of hydrogen-bond donors (Lipinski definition) is 3. The summed E-state index contributed by atoms with van der Waals surface area (Å²) in [5.41, 5.74) is 0. The Bertz CT molecular complexity index is 222. The zero-order valence-electron chi connectivity index (χ0n) is 12.0. The van der Waals surface area contributed by atoms with Crippen LogP contribution >= 0.6 is 26.4 Å². The fourth-order valence-corrected chi connectivity index (χ4v) is 3.98. The summed E-state index contributed by atoms with van der Waals surface area (Å²) in [5, 5.41) is 0. The molecule has 1 aliphatic heterocycles. The van der Waals surface area contributed by atoms with E-state index < -0.39 is 0 Å². The van der Waals surface area contributed by atoms with Crippen LogP contribution in [0.3, 0.4) is 0 Å². The van der Waals surface area contributed by atoms with E-state index in [1.165, 1.54) is 0 Å². The van der Waals surface area contributed by atoms with Crippen LogP contribution < -0.4 is 0 Å². The first-order valence-corrected chi connectivity index (χ1v) is 10.5. The maximum atomic E-state index is 9.16. The third kappa shape index (κ3) is 8.48. The third-order valence-corrected chi connectivity index (χ3v) is 5.28. The average Bonchev–Trinajstić information content (AvgIpc) is 2.47. The minimum atomic E-state index is -0.0277. The molecule has 3 atom stereocenters. The highest BCUT2D eigenvalue weighted by Crippen LogP contribution is 2.13. The molecule has 20 heavy (non-hydrogen) atoms. The van der Waals surface area contributed by atoms with Crippen LogP contribution in [-0.2, 0) is 0 Å². The first-order valence-electron chi connectivity index (χ1n) is 7.08. The highest BCUT2D eigenvalue weighted by atomic mass is 31.1. The van der Waals surface area contributed by atoms with Crippen LogP contribution in [0.5, 0.6) is 0 Å². The maximum absolute atomic E-state index is 9.16. The topological polar surface area (TPSA) is 70.4 Å². The fourth-order valence-electron chi connectivity index (χ4n) is 2.43. The van der Waals surface area contributed by atoms with Crippen LogP contribution in [0, 0.1) is 0 Å². The van der Waals surface area contributed by atoms with Crippen molar-refractivity contribution in [2.75, 3.05) is 58.1 Å².